The first-order valence-electron chi connectivity index (χ1n) is 5.88. The van der Waals surface area contributed by atoms with Crippen molar-refractivity contribution in [2.24, 2.45) is 0 Å². The van der Waals surface area contributed by atoms with Crippen LogP contribution in [0.3, 0.4) is 0 Å². The Morgan fingerprint density at radius 3 is 2.50 bits per heavy atom. The van der Waals surface area contributed by atoms with Crippen LogP contribution < -0.4 is 11.1 Å². The smallest absolute Gasteiger partial charge is 0.338 e. The van der Waals surface area contributed by atoms with Gasteiger partial charge in [-0.1, -0.05) is 6.92 Å². The average molecular weight is 250 g/mol. The van der Waals surface area contributed by atoms with Crippen LogP contribution in [0.5, 0.6) is 0 Å². The van der Waals surface area contributed by atoms with Crippen LogP contribution in [0.1, 0.15) is 30.6 Å². The third kappa shape index (κ3) is 4.08. The van der Waals surface area contributed by atoms with Gasteiger partial charge in [-0.3, -0.25) is 4.79 Å². The Hall–Kier alpha value is -2.04. The molecular weight excluding hydrogens is 232 g/mol. The third-order valence-corrected chi connectivity index (χ3v) is 2.35. The molecule has 0 bridgehead atoms. The zero-order valence-corrected chi connectivity index (χ0v) is 10.6. The van der Waals surface area contributed by atoms with Crippen LogP contribution in [-0.4, -0.2) is 24.5 Å². The Bertz CT molecular complexity index is 415. The van der Waals surface area contributed by atoms with Gasteiger partial charge in [0.2, 0.25) is 0 Å². The summed E-state index contributed by atoms with van der Waals surface area (Å²) in [6, 6.07) is 6.35. The van der Waals surface area contributed by atoms with Gasteiger partial charge in [-0.25, -0.2) is 4.79 Å². The van der Waals surface area contributed by atoms with Crippen LogP contribution in [0.2, 0.25) is 0 Å². The number of carbonyl (C=O) groups is 2. The SMILES string of the molecule is CCCNC(=O)C(C)OC(=O)c1ccc(N)cc1. The summed E-state index contributed by atoms with van der Waals surface area (Å²) in [7, 11) is 0. The molecule has 98 valence electrons. The Morgan fingerprint density at radius 1 is 1.33 bits per heavy atom. The number of rotatable bonds is 5. The van der Waals surface area contributed by atoms with Crippen molar-refractivity contribution in [2.45, 2.75) is 26.4 Å². The minimum Gasteiger partial charge on any atom is -0.449 e. The Morgan fingerprint density at radius 2 is 1.94 bits per heavy atom. The van der Waals surface area contributed by atoms with Gasteiger partial charge in [0.25, 0.3) is 5.91 Å². The normalized spacial score (nSPS) is 11.7. The molecule has 3 N–H and O–H groups in total. The topological polar surface area (TPSA) is 81.4 Å². The second kappa shape index (κ2) is 6.64. The van der Waals surface area contributed by atoms with Gasteiger partial charge >= 0.3 is 5.97 Å². The monoisotopic (exact) mass is 250 g/mol. The van der Waals surface area contributed by atoms with Crippen molar-refractivity contribution < 1.29 is 14.3 Å². The van der Waals surface area contributed by atoms with Gasteiger partial charge in [-0.05, 0) is 37.6 Å². The summed E-state index contributed by atoms with van der Waals surface area (Å²) in [5, 5.41) is 2.66. The molecule has 5 heteroatoms. The number of esters is 1. The second-order valence-corrected chi connectivity index (χ2v) is 3.96. The third-order valence-electron chi connectivity index (χ3n) is 2.35. The number of nitrogens with one attached hydrogen (secondary N) is 1. The standard InChI is InChI=1S/C13H18N2O3/c1-3-8-15-12(16)9(2)18-13(17)10-4-6-11(14)7-5-10/h4-7,9H,3,8,14H2,1-2H3,(H,15,16). The van der Waals surface area contributed by atoms with E-state index >= 15 is 0 Å². The molecule has 1 amide bonds. The molecular formula is C13H18N2O3. The number of amides is 1. The van der Waals surface area contributed by atoms with Crippen molar-refractivity contribution in [3.05, 3.63) is 29.8 Å². The number of hydrogen-bond donors (Lipinski definition) is 2. The number of ether oxygens (including phenoxy) is 1. The highest BCUT2D eigenvalue weighted by Crippen LogP contribution is 2.08. The molecule has 1 rings (SSSR count). The van der Waals surface area contributed by atoms with E-state index < -0.39 is 12.1 Å². The molecule has 0 aromatic heterocycles. The van der Waals surface area contributed by atoms with E-state index in [1.807, 2.05) is 6.92 Å². The van der Waals surface area contributed by atoms with Crippen LogP contribution in [0.25, 0.3) is 0 Å². The summed E-state index contributed by atoms with van der Waals surface area (Å²) in [4.78, 5) is 23.2. The van der Waals surface area contributed by atoms with Crippen LogP contribution in [-0.2, 0) is 9.53 Å². The maximum absolute atomic E-state index is 11.7. The van der Waals surface area contributed by atoms with Gasteiger partial charge in [-0.2, -0.15) is 0 Å². The fraction of sp³-hybridized carbons (Fsp3) is 0.385. The van der Waals surface area contributed by atoms with E-state index in [4.69, 9.17) is 10.5 Å². The van der Waals surface area contributed by atoms with Crippen molar-refractivity contribution in [3.63, 3.8) is 0 Å². The van der Waals surface area contributed by atoms with Crippen molar-refractivity contribution in [1.82, 2.24) is 5.32 Å². The predicted molar refractivity (Wildman–Crippen MR) is 69.0 cm³/mol. The first-order valence-corrected chi connectivity index (χ1v) is 5.88. The zero-order valence-electron chi connectivity index (χ0n) is 10.6. The summed E-state index contributed by atoms with van der Waals surface area (Å²) in [5.41, 5.74) is 6.46. The molecule has 0 saturated heterocycles. The van der Waals surface area contributed by atoms with Crippen LogP contribution in [0, 0.1) is 0 Å². The van der Waals surface area contributed by atoms with Gasteiger partial charge in [0.05, 0.1) is 5.56 Å². The summed E-state index contributed by atoms with van der Waals surface area (Å²) in [6.07, 6.45) is 0.0336. The van der Waals surface area contributed by atoms with E-state index in [9.17, 15) is 9.59 Å². The fourth-order valence-electron chi connectivity index (χ4n) is 1.29. The van der Waals surface area contributed by atoms with Crippen LogP contribution >= 0.6 is 0 Å². The summed E-state index contributed by atoms with van der Waals surface area (Å²) < 4.78 is 5.04. The number of benzene rings is 1. The van der Waals surface area contributed by atoms with Crippen LogP contribution in [0.15, 0.2) is 24.3 Å². The number of nitrogen functional groups attached to an aromatic ring is 1. The van der Waals surface area contributed by atoms with E-state index in [-0.39, 0.29) is 5.91 Å². The van der Waals surface area contributed by atoms with E-state index in [1.165, 1.54) is 0 Å². The fourth-order valence-corrected chi connectivity index (χ4v) is 1.29. The van der Waals surface area contributed by atoms with E-state index in [1.54, 1.807) is 31.2 Å². The van der Waals surface area contributed by atoms with Crippen molar-refractivity contribution >= 4 is 17.6 Å². The Balaban J connectivity index is 2.53. The second-order valence-electron chi connectivity index (χ2n) is 3.96. The molecule has 1 atom stereocenters. The van der Waals surface area contributed by atoms with Gasteiger partial charge < -0.3 is 15.8 Å². The lowest BCUT2D eigenvalue weighted by molar-refractivity contribution is -0.129. The lowest BCUT2D eigenvalue weighted by Crippen LogP contribution is -2.36. The lowest BCUT2D eigenvalue weighted by atomic mass is 10.2. The predicted octanol–water partition coefficient (Wildman–Crippen LogP) is 1.34. The highest BCUT2D eigenvalue weighted by molar-refractivity contribution is 5.92. The van der Waals surface area contributed by atoms with Gasteiger partial charge in [0.1, 0.15) is 0 Å². The van der Waals surface area contributed by atoms with Gasteiger partial charge in [-0.15, -0.1) is 0 Å². The molecule has 0 fully saturated rings. The number of anilines is 1. The zero-order chi connectivity index (χ0) is 13.5. The molecule has 0 aliphatic carbocycles. The van der Waals surface area contributed by atoms with Crippen molar-refractivity contribution in [3.8, 4) is 0 Å². The van der Waals surface area contributed by atoms with Crippen molar-refractivity contribution in [1.29, 1.82) is 0 Å². The van der Waals surface area contributed by atoms with E-state index in [0.717, 1.165) is 6.42 Å². The molecule has 1 aromatic carbocycles. The molecule has 0 radical (unpaired) electrons. The van der Waals surface area contributed by atoms with Gasteiger partial charge in [0, 0.05) is 12.2 Å². The molecule has 5 nitrogen and oxygen atoms in total. The minimum atomic E-state index is -0.804. The highest BCUT2D eigenvalue weighted by atomic mass is 16.5. The van der Waals surface area contributed by atoms with E-state index in [0.29, 0.717) is 17.8 Å². The quantitative estimate of drug-likeness (QED) is 0.610. The van der Waals surface area contributed by atoms with Crippen molar-refractivity contribution in [2.75, 3.05) is 12.3 Å². The maximum atomic E-state index is 11.7. The lowest BCUT2D eigenvalue weighted by Gasteiger charge is -2.13. The van der Waals surface area contributed by atoms with E-state index in [2.05, 4.69) is 5.32 Å². The maximum Gasteiger partial charge on any atom is 0.338 e. The summed E-state index contributed by atoms with van der Waals surface area (Å²) >= 11 is 0. The molecule has 0 aliphatic heterocycles. The Labute approximate surface area is 106 Å². The summed E-state index contributed by atoms with van der Waals surface area (Å²) in [6.45, 7) is 4.06. The Kier molecular flexibility index (Phi) is 5.17. The molecule has 0 saturated carbocycles. The molecule has 0 aliphatic rings. The summed E-state index contributed by atoms with van der Waals surface area (Å²) in [5.74, 6) is -0.824. The van der Waals surface area contributed by atoms with Crippen LogP contribution in [0.4, 0.5) is 5.69 Å². The minimum absolute atomic E-state index is 0.291. The molecule has 18 heavy (non-hydrogen) atoms. The molecule has 1 unspecified atom stereocenters. The first-order chi connectivity index (χ1) is 8.54. The largest absolute Gasteiger partial charge is 0.449 e. The molecule has 0 heterocycles. The number of carbonyl (C=O) groups excluding carboxylic acids is 2. The van der Waals surface area contributed by atoms with Gasteiger partial charge in [0.15, 0.2) is 6.10 Å². The number of nitrogens with two attached hydrogens (primary N) is 1. The highest BCUT2D eigenvalue weighted by Gasteiger charge is 2.18. The molecule has 1 aromatic rings. The molecule has 0 spiro atoms. The number of hydrogen-bond acceptors (Lipinski definition) is 4. The first kappa shape index (κ1) is 14.0. The average Bonchev–Trinajstić information content (AvgIpc) is 2.36.